The van der Waals surface area contributed by atoms with Crippen LogP contribution >= 0.6 is 0 Å². The average molecular weight is 608 g/mol. The van der Waals surface area contributed by atoms with Crippen LogP contribution in [0.2, 0.25) is 0 Å². The zero-order chi connectivity index (χ0) is 23.8. The van der Waals surface area contributed by atoms with Gasteiger partial charge in [0.25, 0.3) is 0 Å². The van der Waals surface area contributed by atoms with Crippen LogP contribution in [0.25, 0.3) is 0 Å². The topological polar surface area (TPSA) is 199 Å². The standard InChI is InChI=1S/2C12H24N4O.2ClH.3H2O/c2*17-12-11-15-7-1-3-13-5-6-14-4-2-8-16(12)10-9-15;;;;;/h2*13-14H,1-11H2;2*1H;3*1H2. The van der Waals surface area contributed by atoms with Crippen LogP contribution in [-0.2, 0) is 9.59 Å². The molecule has 6 saturated heterocycles. The first-order valence-corrected chi connectivity index (χ1v) is 13.8. The third-order valence-electron chi connectivity index (χ3n) is 7.17. The third kappa shape index (κ3) is 17.6. The first kappa shape index (κ1) is 42.6. The van der Waals surface area contributed by atoms with Crippen LogP contribution in [0, 0.1) is 0 Å². The molecule has 13 nitrogen and oxygen atoms in total. The normalized spacial score (nSPS) is 25.3. The summed E-state index contributed by atoms with van der Waals surface area (Å²) in [6.07, 6.45) is 4.53. The number of nitrogens with two attached hydrogens (primary N) is 2. The summed E-state index contributed by atoms with van der Waals surface area (Å²) in [5, 5.41) is 11.6. The summed E-state index contributed by atoms with van der Waals surface area (Å²) in [4.78, 5) is 32.5. The van der Waals surface area contributed by atoms with Crippen molar-refractivity contribution in [2.24, 2.45) is 0 Å². The maximum Gasteiger partial charge on any atom is 0.236 e. The quantitative estimate of drug-likeness (QED) is 0.211. The van der Waals surface area contributed by atoms with Crippen LogP contribution in [0.15, 0.2) is 0 Å². The van der Waals surface area contributed by atoms with Crippen molar-refractivity contribution in [3.63, 3.8) is 0 Å². The van der Waals surface area contributed by atoms with Gasteiger partial charge in [0, 0.05) is 78.3 Å². The molecule has 2 amide bonds. The van der Waals surface area contributed by atoms with Gasteiger partial charge in [-0.05, 0) is 25.9 Å². The van der Waals surface area contributed by atoms with Gasteiger partial charge < -0.3 is 72.3 Å². The van der Waals surface area contributed by atoms with Gasteiger partial charge in [-0.15, -0.1) is 0 Å². The molecule has 6 aliphatic heterocycles. The summed E-state index contributed by atoms with van der Waals surface area (Å²) < 4.78 is 0. The Balaban J connectivity index is -0.000000589. The Morgan fingerprint density at radius 1 is 0.487 bits per heavy atom. The Morgan fingerprint density at radius 3 is 1.28 bits per heavy atom. The first-order chi connectivity index (χ1) is 16.7. The molecule has 0 aromatic rings. The average Bonchev–Trinajstić information content (AvgIpc) is 2.84. The number of piperazine rings is 2. The van der Waals surface area contributed by atoms with Crippen LogP contribution in [0.1, 0.15) is 25.7 Å². The number of nitrogens with one attached hydrogen (secondary N) is 2. The molecule has 15 heteroatoms. The van der Waals surface area contributed by atoms with E-state index in [2.05, 4.69) is 31.1 Å². The molecule has 0 spiro atoms. The summed E-state index contributed by atoms with van der Waals surface area (Å²) in [6.45, 7) is 18.1. The number of carbonyl (C=O) groups is 2. The molecule has 6 fully saturated rings. The van der Waals surface area contributed by atoms with E-state index < -0.39 is 0 Å². The van der Waals surface area contributed by atoms with E-state index >= 15 is 0 Å². The van der Waals surface area contributed by atoms with Crippen molar-refractivity contribution < 1.29 is 61.5 Å². The lowest BCUT2D eigenvalue weighted by molar-refractivity contribution is -0.653. The molecule has 6 heterocycles. The largest absolute Gasteiger partial charge is 1.00 e. The molecule has 12 N–H and O–H groups in total. The van der Waals surface area contributed by atoms with Crippen LogP contribution in [0.5, 0.6) is 0 Å². The third-order valence-corrected chi connectivity index (χ3v) is 7.17. The Hall–Kier alpha value is -0.840. The van der Waals surface area contributed by atoms with Gasteiger partial charge in [-0.25, -0.2) is 0 Å². The van der Waals surface area contributed by atoms with Gasteiger partial charge in [-0.1, -0.05) is 0 Å². The van der Waals surface area contributed by atoms with Crippen molar-refractivity contribution in [3.8, 4) is 0 Å². The molecule has 2 atom stereocenters. The fraction of sp³-hybridized carbons (Fsp3) is 0.917. The maximum atomic E-state index is 11.9. The molecule has 0 aliphatic carbocycles. The number of rotatable bonds is 0. The molecule has 39 heavy (non-hydrogen) atoms. The van der Waals surface area contributed by atoms with Gasteiger partial charge in [-0.2, -0.15) is 0 Å². The number of quaternary nitrogens is 2. The van der Waals surface area contributed by atoms with Crippen molar-refractivity contribution in [1.82, 2.24) is 30.2 Å². The molecule has 0 aromatic heterocycles. The van der Waals surface area contributed by atoms with E-state index in [4.69, 9.17) is 0 Å². The number of fused-ring (bicyclic) bond motifs is 22. The van der Waals surface area contributed by atoms with Gasteiger partial charge in [0.05, 0.1) is 39.3 Å². The summed E-state index contributed by atoms with van der Waals surface area (Å²) in [5.74, 6) is 0.634. The molecule has 6 aliphatic rings. The fourth-order valence-electron chi connectivity index (χ4n) is 5.02. The minimum absolute atomic E-state index is 0. The Bertz CT molecular complexity index is 557. The molecule has 236 valence electrons. The molecular weight excluding hydrogens is 551 g/mol. The zero-order valence-corrected chi connectivity index (χ0v) is 25.1. The van der Waals surface area contributed by atoms with Crippen LogP contribution < -0.4 is 46.1 Å². The molecule has 0 saturated carbocycles. The van der Waals surface area contributed by atoms with Crippen LogP contribution in [0.3, 0.4) is 0 Å². The van der Waals surface area contributed by atoms with Gasteiger partial charge in [0.15, 0.2) is 0 Å². The molecular formula is C24H56Cl2N8O5. The number of hydrogen-bond donors (Lipinski definition) is 4. The van der Waals surface area contributed by atoms with E-state index in [1.165, 1.54) is 39.0 Å². The number of hydrogen-bond acceptors (Lipinski definition) is 6. The molecule has 0 aromatic carbocycles. The highest BCUT2D eigenvalue weighted by atomic mass is 35.5. The van der Waals surface area contributed by atoms with Crippen LogP contribution in [0.4, 0.5) is 0 Å². The van der Waals surface area contributed by atoms with E-state index in [0.717, 1.165) is 91.4 Å². The molecule has 0 radical (unpaired) electrons. The smallest absolute Gasteiger partial charge is 0.236 e. The minimum Gasteiger partial charge on any atom is -1.00 e. The highest BCUT2D eigenvalue weighted by Gasteiger charge is 2.24. The summed E-state index contributed by atoms with van der Waals surface area (Å²) >= 11 is 0. The lowest BCUT2D eigenvalue weighted by atomic mass is 10.2. The van der Waals surface area contributed by atoms with E-state index in [0.29, 0.717) is 24.9 Å². The second-order valence-corrected chi connectivity index (χ2v) is 9.96. The van der Waals surface area contributed by atoms with E-state index in [1.807, 2.05) is 9.80 Å². The summed E-state index contributed by atoms with van der Waals surface area (Å²) in [6, 6.07) is 0. The highest BCUT2D eigenvalue weighted by Crippen LogP contribution is 2.05. The van der Waals surface area contributed by atoms with Crippen LogP contribution in [-0.4, -0.2) is 166 Å². The number of halogens is 2. The Labute approximate surface area is 246 Å². The molecule has 4 bridgehead atoms. The summed E-state index contributed by atoms with van der Waals surface area (Å²) in [7, 11) is 0. The lowest BCUT2D eigenvalue weighted by Crippen LogP contribution is -3.00. The lowest BCUT2D eigenvalue weighted by Gasteiger charge is -2.34. The second kappa shape index (κ2) is 26.1. The number of amides is 2. The van der Waals surface area contributed by atoms with Crippen molar-refractivity contribution in [2.45, 2.75) is 25.7 Å². The van der Waals surface area contributed by atoms with Crippen molar-refractivity contribution >= 4 is 11.8 Å². The van der Waals surface area contributed by atoms with E-state index in [-0.39, 0.29) is 41.2 Å². The van der Waals surface area contributed by atoms with Gasteiger partial charge in [-0.3, -0.25) is 19.4 Å². The first-order valence-electron chi connectivity index (χ1n) is 13.8. The highest BCUT2D eigenvalue weighted by molar-refractivity contribution is 5.79. The molecule has 6 rings (SSSR count). The van der Waals surface area contributed by atoms with Gasteiger partial charge in [0.1, 0.15) is 0 Å². The predicted octanol–water partition coefficient (Wildman–Crippen LogP) is -12.3. The van der Waals surface area contributed by atoms with Crippen molar-refractivity contribution in [1.29, 1.82) is 0 Å². The number of nitrogens with zero attached hydrogens (tertiary/aromatic N) is 4. The summed E-state index contributed by atoms with van der Waals surface area (Å²) in [5.41, 5.74) is 0. The second-order valence-electron chi connectivity index (χ2n) is 9.96. The Kier molecular flexibility index (Phi) is 28.5. The zero-order valence-electron chi connectivity index (χ0n) is 23.6. The molecule has 2 unspecified atom stereocenters. The monoisotopic (exact) mass is 606 g/mol. The van der Waals surface area contributed by atoms with Gasteiger partial charge in [0.2, 0.25) is 11.8 Å². The SMILES string of the molecule is O.O.O.O=C1CN2CCC[NH2+]CCNCCCN1CC2.O=C1CN2CCC[NH2+]CCNCCCN1CC2.[Cl-].[Cl-]. The fourth-order valence-corrected chi connectivity index (χ4v) is 5.02. The predicted molar refractivity (Wildman–Crippen MR) is 144 cm³/mol. The maximum absolute atomic E-state index is 11.9. The van der Waals surface area contributed by atoms with E-state index in [1.54, 1.807) is 0 Å². The minimum atomic E-state index is 0. The van der Waals surface area contributed by atoms with E-state index in [9.17, 15) is 9.59 Å². The van der Waals surface area contributed by atoms with Gasteiger partial charge >= 0.3 is 0 Å². The van der Waals surface area contributed by atoms with Crippen molar-refractivity contribution in [2.75, 3.05) is 118 Å². The number of carbonyl (C=O) groups excluding carboxylic acids is 2. The Morgan fingerprint density at radius 2 is 0.897 bits per heavy atom. The van der Waals surface area contributed by atoms with Crippen molar-refractivity contribution in [3.05, 3.63) is 0 Å².